The minimum Gasteiger partial charge on any atom is -0.481 e. The van der Waals surface area contributed by atoms with Gasteiger partial charge in [0.15, 0.2) is 0 Å². The molecule has 1 amide bonds. The molecular weight excluding hydrogens is 378 g/mol. The predicted octanol–water partition coefficient (Wildman–Crippen LogP) is 6.43. The zero-order valence-electron chi connectivity index (χ0n) is 19.5. The molecule has 0 fully saturated rings. The molecule has 0 unspecified atom stereocenters. The van der Waals surface area contributed by atoms with Crippen LogP contribution >= 0.6 is 0 Å². The lowest BCUT2D eigenvalue weighted by atomic mass is 10.0. The zero-order valence-corrected chi connectivity index (χ0v) is 19.5. The van der Waals surface area contributed by atoms with Gasteiger partial charge in [-0.25, -0.2) is 0 Å². The van der Waals surface area contributed by atoms with Crippen molar-refractivity contribution in [1.82, 2.24) is 5.32 Å². The second kappa shape index (κ2) is 22.3. The molecule has 0 aliphatic rings. The lowest BCUT2D eigenvalue weighted by Crippen LogP contribution is -2.24. The van der Waals surface area contributed by atoms with Crippen LogP contribution in [0.3, 0.4) is 0 Å². The Morgan fingerprint density at radius 3 is 1.57 bits per heavy atom. The number of aldehydes is 1. The molecule has 0 aliphatic carbocycles. The maximum absolute atomic E-state index is 11.8. The maximum atomic E-state index is 11.8. The third-order valence-corrected chi connectivity index (χ3v) is 5.69. The number of carbonyl (C=O) groups excluding carboxylic acids is 2. The van der Waals surface area contributed by atoms with Gasteiger partial charge in [0.1, 0.15) is 6.29 Å². The highest BCUT2D eigenvalue weighted by atomic mass is 16.4. The van der Waals surface area contributed by atoms with E-state index in [0.717, 1.165) is 57.8 Å². The van der Waals surface area contributed by atoms with E-state index in [9.17, 15) is 14.4 Å². The van der Waals surface area contributed by atoms with Gasteiger partial charge in [0.2, 0.25) is 5.91 Å². The summed E-state index contributed by atoms with van der Waals surface area (Å²) in [6, 6.07) is 0. The van der Waals surface area contributed by atoms with E-state index in [1.165, 1.54) is 64.2 Å². The molecule has 0 rings (SSSR count). The molecule has 30 heavy (non-hydrogen) atoms. The van der Waals surface area contributed by atoms with Gasteiger partial charge in [-0.3, -0.25) is 9.59 Å². The van der Waals surface area contributed by atoms with Gasteiger partial charge in [0, 0.05) is 25.3 Å². The molecule has 0 aromatic heterocycles. The first kappa shape index (κ1) is 28.6. The molecule has 1 atom stereocenters. The Kier molecular flexibility index (Phi) is 21.3. The molecule has 0 saturated carbocycles. The molecule has 0 heterocycles. The largest absolute Gasteiger partial charge is 0.481 e. The Balaban J connectivity index is 3.17. The maximum Gasteiger partial charge on any atom is 0.303 e. The molecule has 0 bridgehead atoms. The molecule has 5 heteroatoms. The van der Waals surface area contributed by atoms with Crippen molar-refractivity contribution in [2.24, 2.45) is 5.92 Å². The summed E-state index contributed by atoms with van der Waals surface area (Å²) in [5.74, 6) is -0.376. The lowest BCUT2D eigenvalue weighted by Gasteiger charge is -2.06. The normalized spacial score (nSPS) is 11.9. The standard InChI is InChI=1S/C25H47NO4/c1-23(22-27)18-16-17-21-26-24(28)19-14-12-10-8-6-4-2-3-5-7-9-11-13-15-20-25(29)30/h22-23H,2-21H2,1H3,(H,26,28)(H,29,30)/t23-/m0/s1. The molecule has 176 valence electrons. The topological polar surface area (TPSA) is 83.5 Å². The second-order valence-electron chi connectivity index (χ2n) is 8.80. The Hall–Kier alpha value is -1.39. The summed E-state index contributed by atoms with van der Waals surface area (Å²) in [5, 5.41) is 11.6. The molecule has 5 nitrogen and oxygen atoms in total. The van der Waals surface area contributed by atoms with Crippen LogP contribution < -0.4 is 5.32 Å². The number of carboxylic acid groups (broad SMARTS) is 1. The highest BCUT2D eigenvalue weighted by molar-refractivity contribution is 5.75. The monoisotopic (exact) mass is 425 g/mol. The molecule has 0 spiro atoms. The van der Waals surface area contributed by atoms with Gasteiger partial charge < -0.3 is 15.2 Å². The minimum absolute atomic E-state index is 0.133. The number of hydrogen-bond acceptors (Lipinski definition) is 3. The van der Waals surface area contributed by atoms with E-state index < -0.39 is 5.97 Å². The lowest BCUT2D eigenvalue weighted by molar-refractivity contribution is -0.137. The smallest absolute Gasteiger partial charge is 0.303 e. The molecule has 2 N–H and O–H groups in total. The highest BCUT2D eigenvalue weighted by Gasteiger charge is 2.02. The number of amides is 1. The van der Waals surface area contributed by atoms with Crippen LogP contribution in [0, 0.1) is 5.92 Å². The van der Waals surface area contributed by atoms with Gasteiger partial charge in [-0.2, -0.15) is 0 Å². The number of aliphatic carboxylic acids is 1. The zero-order chi connectivity index (χ0) is 22.3. The summed E-state index contributed by atoms with van der Waals surface area (Å²) in [4.78, 5) is 32.7. The second-order valence-corrected chi connectivity index (χ2v) is 8.80. The molecule has 0 aromatic carbocycles. The Morgan fingerprint density at radius 2 is 1.13 bits per heavy atom. The average molecular weight is 426 g/mol. The quantitative estimate of drug-likeness (QED) is 0.146. The summed E-state index contributed by atoms with van der Waals surface area (Å²) in [5.41, 5.74) is 0. The van der Waals surface area contributed by atoms with E-state index in [0.29, 0.717) is 12.8 Å². The van der Waals surface area contributed by atoms with Crippen molar-refractivity contribution in [3.05, 3.63) is 0 Å². The van der Waals surface area contributed by atoms with Crippen LogP contribution in [-0.2, 0) is 14.4 Å². The van der Waals surface area contributed by atoms with E-state index in [-0.39, 0.29) is 11.8 Å². The van der Waals surface area contributed by atoms with Crippen LogP contribution in [0.5, 0.6) is 0 Å². The van der Waals surface area contributed by atoms with Gasteiger partial charge in [-0.15, -0.1) is 0 Å². The molecule has 0 radical (unpaired) electrons. The number of unbranched alkanes of at least 4 members (excludes halogenated alkanes) is 14. The van der Waals surface area contributed by atoms with Crippen molar-refractivity contribution in [3.63, 3.8) is 0 Å². The predicted molar refractivity (Wildman–Crippen MR) is 124 cm³/mol. The fourth-order valence-electron chi connectivity index (χ4n) is 3.66. The first-order valence-electron chi connectivity index (χ1n) is 12.5. The van der Waals surface area contributed by atoms with Crippen LogP contribution in [0.1, 0.15) is 129 Å². The third kappa shape index (κ3) is 22.9. The Bertz CT molecular complexity index is 425. The van der Waals surface area contributed by atoms with Crippen molar-refractivity contribution in [2.75, 3.05) is 6.54 Å². The fourth-order valence-corrected chi connectivity index (χ4v) is 3.66. The Morgan fingerprint density at radius 1 is 0.700 bits per heavy atom. The number of nitrogens with one attached hydrogen (secondary N) is 1. The van der Waals surface area contributed by atoms with Crippen LogP contribution in [-0.4, -0.2) is 29.8 Å². The summed E-state index contributed by atoms with van der Waals surface area (Å²) < 4.78 is 0. The van der Waals surface area contributed by atoms with E-state index in [4.69, 9.17) is 5.11 Å². The van der Waals surface area contributed by atoms with Gasteiger partial charge in [-0.05, 0) is 25.7 Å². The van der Waals surface area contributed by atoms with Crippen molar-refractivity contribution in [2.45, 2.75) is 129 Å². The first-order chi connectivity index (χ1) is 14.6. The van der Waals surface area contributed by atoms with Gasteiger partial charge in [0.05, 0.1) is 0 Å². The van der Waals surface area contributed by atoms with Crippen molar-refractivity contribution in [3.8, 4) is 0 Å². The fraction of sp³-hybridized carbons (Fsp3) is 0.880. The van der Waals surface area contributed by atoms with E-state index >= 15 is 0 Å². The van der Waals surface area contributed by atoms with Crippen LogP contribution in [0.4, 0.5) is 0 Å². The van der Waals surface area contributed by atoms with Crippen LogP contribution in [0.2, 0.25) is 0 Å². The van der Waals surface area contributed by atoms with Crippen LogP contribution in [0.15, 0.2) is 0 Å². The van der Waals surface area contributed by atoms with Crippen molar-refractivity contribution >= 4 is 18.2 Å². The van der Waals surface area contributed by atoms with Crippen molar-refractivity contribution in [1.29, 1.82) is 0 Å². The van der Waals surface area contributed by atoms with Gasteiger partial charge >= 0.3 is 5.97 Å². The first-order valence-corrected chi connectivity index (χ1v) is 12.5. The Labute approximate surface area is 184 Å². The SMILES string of the molecule is C[C@H](C=O)CCCCNC(=O)CCCCCCCCCCCCCCCCC(=O)O. The average Bonchev–Trinajstić information content (AvgIpc) is 2.72. The van der Waals surface area contributed by atoms with Crippen LogP contribution in [0.25, 0.3) is 0 Å². The number of carboxylic acids is 1. The summed E-state index contributed by atoms with van der Waals surface area (Å²) in [6.45, 7) is 2.66. The minimum atomic E-state index is -0.676. The number of rotatable bonds is 23. The van der Waals surface area contributed by atoms with E-state index in [1.807, 2.05) is 6.92 Å². The molecule has 0 saturated heterocycles. The third-order valence-electron chi connectivity index (χ3n) is 5.69. The summed E-state index contributed by atoms with van der Waals surface area (Å²) in [7, 11) is 0. The number of hydrogen-bond donors (Lipinski definition) is 2. The summed E-state index contributed by atoms with van der Waals surface area (Å²) >= 11 is 0. The van der Waals surface area contributed by atoms with E-state index in [2.05, 4.69) is 5.32 Å². The molecule has 0 aromatic rings. The summed E-state index contributed by atoms with van der Waals surface area (Å²) in [6.07, 6.45) is 21.6. The number of carbonyl (C=O) groups is 3. The van der Waals surface area contributed by atoms with Gasteiger partial charge in [-0.1, -0.05) is 90.4 Å². The van der Waals surface area contributed by atoms with Gasteiger partial charge in [0.25, 0.3) is 0 Å². The molecular formula is C25H47NO4. The molecule has 0 aliphatic heterocycles. The van der Waals surface area contributed by atoms with Crippen molar-refractivity contribution < 1.29 is 19.5 Å². The van der Waals surface area contributed by atoms with E-state index in [1.54, 1.807) is 0 Å². The highest BCUT2D eigenvalue weighted by Crippen LogP contribution is 2.13.